The number of nitrogens with two attached hydrogens (primary N) is 1. The van der Waals surface area contributed by atoms with Crippen molar-refractivity contribution in [2.45, 2.75) is 57.3 Å². The first-order chi connectivity index (χ1) is 11.6. The molecule has 0 radical (unpaired) electrons. The highest BCUT2D eigenvalue weighted by Gasteiger charge is 2.32. The minimum atomic E-state index is -4.38. The van der Waals surface area contributed by atoms with Crippen molar-refractivity contribution in [1.82, 2.24) is 10.3 Å². The highest BCUT2D eigenvalue weighted by atomic mass is 35.5. The summed E-state index contributed by atoms with van der Waals surface area (Å²) in [6.45, 7) is 4.96. The van der Waals surface area contributed by atoms with Gasteiger partial charge in [0.2, 0.25) is 5.91 Å². The van der Waals surface area contributed by atoms with Gasteiger partial charge in [-0.25, -0.2) is 4.98 Å². The largest absolute Gasteiger partial charge is 0.417 e. The van der Waals surface area contributed by atoms with Gasteiger partial charge in [-0.1, -0.05) is 13.3 Å². The molecule has 0 aliphatic carbocycles. The van der Waals surface area contributed by atoms with Gasteiger partial charge in [-0.15, -0.1) is 12.4 Å². The molecular formula is C17H26ClF3N4O. The van der Waals surface area contributed by atoms with Crippen molar-refractivity contribution < 1.29 is 18.0 Å². The second kappa shape index (κ2) is 8.90. The van der Waals surface area contributed by atoms with E-state index in [2.05, 4.69) is 10.3 Å². The zero-order chi connectivity index (χ0) is 18.7. The molecule has 0 saturated carbocycles. The van der Waals surface area contributed by atoms with E-state index in [1.807, 2.05) is 11.8 Å². The van der Waals surface area contributed by atoms with Crippen LogP contribution in [0.25, 0.3) is 0 Å². The second-order valence-electron chi connectivity index (χ2n) is 6.81. The van der Waals surface area contributed by atoms with Gasteiger partial charge in [0.1, 0.15) is 5.82 Å². The smallest absolute Gasteiger partial charge is 0.356 e. The number of aromatic nitrogens is 1. The average molecular weight is 395 g/mol. The van der Waals surface area contributed by atoms with E-state index in [-0.39, 0.29) is 24.4 Å². The molecular weight excluding hydrogens is 369 g/mol. The van der Waals surface area contributed by atoms with E-state index in [1.165, 1.54) is 6.07 Å². The maximum Gasteiger partial charge on any atom is 0.417 e. The first-order valence-electron chi connectivity index (χ1n) is 8.51. The number of carbonyl (C=O) groups is 1. The molecule has 1 aliphatic heterocycles. The predicted molar refractivity (Wildman–Crippen MR) is 97.4 cm³/mol. The lowest BCUT2D eigenvalue weighted by molar-refractivity contribution is -0.137. The predicted octanol–water partition coefficient (Wildman–Crippen LogP) is 3.12. The van der Waals surface area contributed by atoms with E-state index < -0.39 is 17.3 Å². The Morgan fingerprint density at radius 1 is 1.35 bits per heavy atom. The van der Waals surface area contributed by atoms with Gasteiger partial charge in [-0.05, 0) is 38.3 Å². The number of nitrogens with one attached hydrogen (secondary N) is 1. The van der Waals surface area contributed by atoms with Crippen LogP contribution in [0.4, 0.5) is 19.0 Å². The molecule has 1 aliphatic rings. The maximum absolute atomic E-state index is 12.6. The summed E-state index contributed by atoms with van der Waals surface area (Å²) in [5.41, 5.74) is 4.40. The molecule has 1 saturated heterocycles. The van der Waals surface area contributed by atoms with Gasteiger partial charge >= 0.3 is 6.18 Å². The minimum Gasteiger partial charge on any atom is -0.356 e. The lowest BCUT2D eigenvalue weighted by atomic mass is 9.95. The van der Waals surface area contributed by atoms with Gasteiger partial charge < -0.3 is 16.0 Å². The number of hydrogen-bond donors (Lipinski definition) is 2. The Labute approximate surface area is 157 Å². The number of amides is 1. The zero-order valence-electron chi connectivity index (χ0n) is 15.0. The normalized spacial score (nSPS) is 18.0. The van der Waals surface area contributed by atoms with Crippen LogP contribution >= 0.6 is 12.4 Å². The number of carbonyl (C=O) groups excluding carboxylic acids is 1. The van der Waals surface area contributed by atoms with E-state index in [4.69, 9.17) is 5.73 Å². The van der Waals surface area contributed by atoms with Gasteiger partial charge in [0, 0.05) is 25.3 Å². The van der Waals surface area contributed by atoms with Crippen LogP contribution in [0.3, 0.4) is 0 Å². The average Bonchev–Trinajstić information content (AvgIpc) is 2.55. The molecule has 0 bridgehead atoms. The quantitative estimate of drug-likeness (QED) is 0.804. The monoisotopic (exact) mass is 394 g/mol. The third-order valence-corrected chi connectivity index (χ3v) is 4.52. The highest BCUT2D eigenvalue weighted by Crippen LogP contribution is 2.29. The van der Waals surface area contributed by atoms with Crippen molar-refractivity contribution in [3.05, 3.63) is 23.9 Å². The summed E-state index contributed by atoms with van der Waals surface area (Å²) < 4.78 is 37.7. The Kier molecular flexibility index (Phi) is 7.70. The Morgan fingerprint density at radius 3 is 2.42 bits per heavy atom. The maximum atomic E-state index is 12.6. The summed E-state index contributed by atoms with van der Waals surface area (Å²) in [7, 11) is 0. The molecule has 0 aromatic carbocycles. The molecule has 2 rings (SSSR count). The summed E-state index contributed by atoms with van der Waals surface area (Å²) >= 11 is 0. The fourth-order valence-electron chi connectivity index (χ4n) is 2.98. The van der Waals surface area contributed by atoms with E-state index in [9.17, 15) is 18.0 Å². The third-order valence-electron chi connectivity index (χ3n) is 4.52. The van der Waals surface area contributed by atoms with Gasteiger partial charge in [0.25, 0.3) is 0 Å². The number of hydrogen-bond acceptors (Lipinski definition) is 4. The van der Waals surface area contributed by atoms with E-state index >= 15 is 0 Å². The Hall–Kier alpha value is -1.54. The molecule has 5 nitrogen and oxygen atoms in total. The van der Waals surface area contributed by atoms with Crippen LogP contribution in [0, 0.1) is 0 Å². The zero-order valence-corrected chi connectivity index (χ0v) is 15.8. The number of pyridine rings is 1. The molecule has 26 heavy (non-hydrogen) atoms. The summed E-state index contributed by atoms with van der Waals surface area (Å²) in [4.78, 5) is 18.1. The van der Waals surface area contributed by atoms with Crippen LogP contribution in [0.5, 0.6) is 0 Å². The Bertz CT molecular complexity index is 585. The Morgan fingerprint density at radius 2 is 1.96 bits per heavy atom. The van der Waals surface area contributed by atoms with Crippen molar-refractivity contribution in [2.75, 3.05) is 18.0 Å². The standard InChI is InChI=1S/C17H25F3N4O.ClH/c1-3-8-16(2,21)15(25)23-13-6-9-24(10-7-13)14-5-4-12(11-22-14)17(18,19)20;/h4-5,11,13H,3,6-10,21H2,1-2H3,(H,23,25);1H. The van der Waals surface area contributed by atoms with Crippen molar-refractivity contribution in [3.63, 3.8) is 0 Å². The minimum absolute atomic E-state index is 0. The molecule has 2 heterocycles. The Balaban J connectivity index is 0.00000338. The van der Waals surface area contributed by atoms with Gasteiger partial charge in [-0.3, -0.25) is 4.79 Å². The van der Waals surface area contributed by atoms with Gasteiger partial charge in [-0.2, -0.15) is 13.2 Å². The second-order valence-corrected chi connectivity index (χ2v) is 6.81. The van der Waals surface area contributed by atoms with Crippen molar-refractivity contribution in [3.8, 4) is 0 Å². The lowest BCUT2D eigenvalue weighted by Gasteiger charge is -2.35. The number of anilines is 1. The molecule has 1 fully saturated rings. The molecule has 9 heteroatoms. The van der Waals surface area contributed by atoms with E-state index in [1.54, 1.807) is 6.92 Å². The summed E-state index contributed by atoms with van der Waals surface area (Å²) in [5.74, 6) is 0.368. The fourth-order valence-corrected chi connectivity index (χ4v) is 2.98. The first-order valence-corrected chi connectivity index (χ1v) is 8.51. The van der Waals surface area contributed by atoms with Crippen molar-refractivity contribution in [1.29, 1.82) is 0 Å². The van der Waals surface area contributed by atoms with Crippen molar-refractivity contribution >= 4 is 24.1 Å². The molecule has 0 spiro atoms. The third kappa shape index (κ3) is 5.74. The summed E-state index contributed by atoms with van der Waals surface area (Å²) in [6, 6.07) is 2.46. The van der Waals surface area contributed by atoms with Crippen LogP contribution in [0.15, 0.2) is 18.3 Å². The summed E-state index contributed by atoms with van der Waals surface area (Å²) in [5, 5.41) is 2.99. The summed E-state index contributed by atoms with van der Waals surface area (Å²) in [6.07, 6.45) is -0.664. The number of nitrogens with zero attached hydrogens (tertiary/aromatic N) is 2. The molecule has 1 aromatic rings. The highest BCUT2D eigenvalue weighted by molar-refractivity contribution is 5.86. The van der Waals surface area contributed by atoms with Crippen LogP contribution in [-0.2, 0) is 11.0 Å². The lowest BCUT2D eigenvalue weighted by Crippen LogP contribution is -2.55. The van der Waals surface area contributed by atoms with Crippen LogP contribution in [0.2, 0.25) is 0 Å². The first kappa shape index (κ1) is 22.5. The van der Waals surface area contributed by atoms with Gasteiger partial charge in [0.15, 0.2) is 0 Å². The topological polar surface area (TPSA) is 71.2 Å². The van der Waals surface area contributed by atoms with E-state index in [0.29, 0.717) is 38.2 Å². The van der Waals surface area contributed by atoms with Crippen LogP contribution < -0.4 is 16.0 Å². The SMILES string of the molecule is CCCC(C)(N)C(=O)NC1CCN(c2ccc(C(F)(F)F)cn2)CC1.Cl. The molecule has 148 valence electrons. The fraction of sp³-hybridized carbons (Fsp3) is 0.647. The number of halogens is 4. The van der Waals surface area contributed by atoms with Crippen LogP contribution in [-0.4, -0.2) is 35.6 Å². The van der Waals surface area contributed by atoms with Gasteiger partial charge in [0.05, 0.1) is 11.1 Å². The molecule has 3 N–H and O–H groups in total. The van der Waals surface area contributed by atoms with Crippen molar-refractivity contribution in [2.24, 2.45) is 5.73 Å². The number of rotatable bonds is 5. The molecule has 1 amide bonds. The molecule has 1 unspecified atom stereocenters. The molecule has 1 atom stereocenters. The number of piperidine rings is 1. The van der Waals surface area contributed by atoms with E-state index in [0.717, 1.165) is 18.7 Å². The van der Waals surface area contributed by atoms with Crippen LogP contribution in [0.1, 0.15) is 45.1 Å². The number of alkyl halides is 3. The molecule has 1 aromatic heterocycles.